The van der Waals surface area contributed by atoms with Crippen LogP contribution in [0.25, 0.3) is 0 Å². The summed E-state index contributed by atoms with van der Waals surface area (Å²) in [6.07, 6.45) is 1.43. The summed E-state index contributed by atoms with van der Waals surface area (Å²) in [4.78, 5) is 18.1. The highest BCUT2D eigenvalue weighted by Gasteiger charge is 2.14. The van der Waals surface area contributed by atoms with Gasteiger partial charge < -0.3 is 14.8 Å². The number of methoxy groups -OCH3 is 2. The summed E-state index contributed by atoms with van der Waals surface area (Å²) >= 11 is 11.8. The highest BCUT2D eigenvalue weighted by molar-refractivity contribution is 6.36. The number of hydrogen-bond acceptors (Lipinski definition) is 5. The molecule has 0 unspecified atom stereocenters. The van der Waals surface area contributed by atoms with Crippen LogP contribution in [0.1, 0.15) is 11.1 Å². The van der Waals surface area contributed by atoms with Gasteiger partial charge in [-0.15, -0.1) is 0 Å². The normalized spacial score (nSPS) is 10.7. The maximum atomic E-state index is 12.2. The molecule has 0 atom stereocenters. The van der Waals surface area contributed by atoms with Crippen LogP contribution < -0.4 is 14.8 Å². The van der Waals surface area contributed by atoms with E-state index in [1.165, 1.54) is 12.3 Å². The van der Waals surface area contributed by atoms with Gasteiger partial charge in [0.25, 0.3) is 0 Å². The van der Waals surface area contributed by atoms with Gasteiger partial charge in [-0.3, -0.25) is 9.69 Å². The lowest BCUT2D eigenvalue weighted by Crippen LogP contribution is -2.30. The Bertz CT molecular complexity index is 799. The van der Waals surface area contributed by atoms with E-state index in [9.17, 15) is 4.79 Å². The molecule has 140 valence electrons. The van der Waals surface area contributed by atoms with Crippen molar-refractivity contribution >= 4 is 34.9 Å². The van der Waals surface area contributed by atoms with Gasteiger partial charge in [0.2, 0.25) is 5.91 Å². The van der Waals surface area contributed by atoms with Crippen molar-refractivity contribution in [2.24, 2.45) is 0 Å². The van der Waals surface area contributed by atoms with Gasteiger partial charge in [0.15, 0.2) is 17.3 Å². The third kappa shape index (κ3) is 5.24. The zero-order valence-corrected chi connectivity index (χ0v) is 16.6. The van der Waals surface area contributed by atoms with Crippen LogP contribution in [0.4, 0.5) is 5.82 Å². The minimum Gasteiger partial charge on any atom is -0.493 e. The Kier molecular flexibility index (Phi) is 7.08. The van der Waals surface area contributed by atoms with Gasteiger partial charge in [0, 0.05) is 12.7 Å². The number of nitrogens with zero attached hydrogens (tertiary/aromatic N) is 2. The molecule has 26 heavy (non-hydrogen) atoms. The lowest BCUT2D eigenvalue weighted by atomic mass is 10.1. The summed E-state index contributed by atoms with van der Waals surface area (Å²) < 4.78 is 10.6. The second-order valence-electron chi connectivity index (χ2n) is 5.84. The van der Waals surface area contributed by atoms with Crippen LogP contribution in [0, 0.1) is 6.92 Å². The number of benzene rings is 1. The fourth-order valence-corrected chi connectivity index (χ4v) is 2.89. The van der Waals surface area contributed by atoms with Crippen LogP contribution in [0.3, 0.4) is 0 Å². The molecule has 0 aliphatic rings. The average molecular weight is 398 g/mol. The Morgan fingerprint density at radius 1 is 1.19 bits per heavy atom. The SMILES string of the molecule is COc1cc(C)c(CN(C)CC(=O)Nc2ncc(Cl)cc2Cl)cc1OC. The predicted molar refractivity (Wildman–Crippen MR) is 104 cm³/mol. The van der Waals surface area contributed by atoms with Crippen LogP contribution in [0.15, 0.2) is 24.4 Å². The maximum absolute atomic E-state index is 12.2. The van der Waals surface area contributed by atoms with Crippen LogP contribution in [0.5, 0.6) is 11.5 Å². The number of rotatable bonds is 7. The molecule has 1 amide bonds. The highest BCUT2D eigenvalue weighted by Crippen LogP contribution is 2.30. The first-order valence-corrected chi connectivity index (χ1v) is 8.60. The number of aryl methyl sites for hydroxylation is 1. The molecule has 1 aromatic carbocycles. The summed E-state index contributed by atoms with van der Waals surface area (Å²) in [5.74, 6) is 1.40. The van der Waals surface area contributed by atoms with Crippen molar-refractivity contribution in [2.45, 2.75) is 13.5 Å². The van der Waals surface area contributed by atoms with Crippen molar-refractivity contribution in [3.8, 4) is 11.5 Å². The molecule has 8 heteroatoms. The zero-order valence-electron chi connectivity index (χ0n) is 15.1. The number of amides is 1. The molecule has 0 fully saturated rings. The fraction of sp³-hybridized carbons (Fsp3) is 0.333. The molecule has 6 nitrogen and oxygen atoms in total. The molecule has 2 aromatic rings. The summed E-state index contributed by atoms with van der Waals surface area (Å²) in [6, 6.07) is 5.36. The number of ether oxygens (including phenoxy) is 2. The van der Waals surface area contributed by atoms with E-state index < -0.39 is 0 Å². The third-order valence-electron chi connectivity index (χ3n) is 3.76. The molecule has 0 saturated heterocycles. The standard InChI is InChI=1S/C18H21Cl2N3O3/c1-11-5-15(25-3)16(26-4)6-12(11)9-23(2)10-17(24)22-18-14(20)7-13(19)8-21-18/h5-8H,9-10H2,1-4H3,(H,21,22,24). The largest absolute Gasteiger partial charge is 0.493 e. The summed E-state index contributed by atoms with van der Waals surface area (Å²) in [7, 11) is 5.05. The minimum atomic E-state index is -0.220. The minimum absolute atomic E-state index is 0.175. The molecule has 1 N–H and O–H groups in total. The van der Waals surface area contributed by atoms with E-state index in [1.54, 1.807) is 14.2 Å². The topological polar surface area (TPSA) is 63.7 Å². The quantitative estimate of drug-likeness (QED) is 0.769. The van der Waals surface area contributed by atoms with Gasteiger partial charge in [-0.2, -0.15) is 0 Å². The van der Waals surface area contributed by atoms with E-state index in [2.05, 4.69) is 10.3 Å². The van der Waals surface area contributed by atoms with Crippen molar-refractivity contribution in [3.05, 3.63) is 45.6 Å². The van der Waals surface area contributed by atoms with Crippen LogP contribution in [-0.2, 0) is 11.3 Å². The molecule has 0 aliphatic carbocycles. The first-order chi connectivity index (χ1) is 12.3. The van der Waals surface area contributed by atoms with Gasteiger partial charge in [0.1, 0.15) is 0 Å². The van der Waals surface area contributed by atoms with Gasteiger partial charge in [-0.1, -0.05) is 23.2 Å². The lowest BCUT2D eigenvalue weighted by molar-refractivity contribution is -0.117. The molecule has 0 bridgehead atoms. The van der Waals surface area contributed by atoms with Crippen molar-refractivity contribution < 1.29 is 14.3 Å². The number of aromatic nitrogens is 1. The number of likely N-dealkylation sites (N-methyl/N-ethyl adjacent to an activating group) is 1. The fourth-order valence-electron chi connectivity index (χ4n) is 2.46. The first-order valence-electron chi connectivity index (χ1n) is 7.85. The number of carbonyl (C=O) groups excluding carboxylic acids is 1. The first kappa shape index (κ1) is 20.3. The lowest BCUT2D eigenvalue weighted by Gasteiger charge is -2.19. The van der Waals surface area contributed by atoms with E-state index >= 15 is 0 Å². The monoisotopic (exact) mass is 397 g/mol. The second-order valence-corrected chi connectivity index (χ2v) is 6.68. The molecular weight excluding hydrogens is 377 g/mol. The number of hydrogen-bond donors (Lipinski definition) is 1. The number of anilines is 1. The summed E-state index contributed by atoms with van der Waals surface area (Å²) in [5, 5.41) is 3.39. The van der Waals surface area contributed by atoms with E-state index in [0.717, 1.165) is 11.1 Å². The molecular formula is C18H21Cl2N3O3. The Morgan fingerprint density at radius 3 is 2.46 bits per heavy atom. The van der Waals surface area contributed by atoms with Gasteiger partial charge >= 0.3 is 0 Å². The summed E-state index contributed by atoms with van der Waals surface area (Å²) in [6.45, 7) is 2.73. The smallest absolute Gasteiger partial charge is 0.239 e. The Hall–Kier alpha value is -2.02. The van der Waals surface area contributed by atoms with E-state index in [4.69, 9.17) is 32.7 Å². The molecule has 0 radical (unpaired) electrons. The van der Waals surface area contributed by atoms with Gasteiger partial charge in [0.05, 0.1) is 30.8 Å². The number of pyridine rings is 1. The van der Waals surface area contributed by atoms with Crippen molar-refractivity contribution in [1.29, 1.82) is 0 Å². The third-order valence-corrected chi connectivity index (χ3v) is 4.26. The highest BCUT2D eigenvalue weighted by atomic mass is 35.5. The molecule has 1 aromatic heterocycles. The van der Waals surface area contributed by atoms with Crippen molar-refractivity contribution in [1.82, 2.24) is 9.88 Å². The second kappa shape index (κ2) is 9.07. The van der Waals surface area contributed by atoms with E-state index in [0.29, 0.717) is 28.1 Å². The average Bonchev–Trinajstić information content (AvgIpc) is 2.58. The molecule has 0 saturated carbocycles. The van der Waals surface area contributed by atoms with E-state index in [1.807, 2.05) is 31.0 Å². The number of halogens is 2. The Labute approximate surface area is 163 Å². The Morgan fingerprint density at radius 2 is 1.85 bits per heavy atom. The van der Waals surface area contributed by atoms with E-state index in [-0.39, 0.29) is 18.3 Å². The van der Waals surface area contributed by atoms with Crippen LogP contribution in [-0.4, -0.2) is 43.6 Å². The molecule has 1 heterocycles. The summed E-state index contributed by atoms with van der Waals surface area (Å²) in [5.41, 5.74) is 2.10. The van der Waals surface area contributed by atoms with Crippen LogP contribution >= 0.6 is 23.2 Å². The Balaban J connectivity index is 2.01. The molecule has 0 aliphatic heterocycles. The number of carbonyl (C=O) groups is 1. The van der Waals surface area contributed by atoms with Crippen molar-refractivity contribution in [3.63, 3.8) is 0 Å². The zero-order chi connectivity index (χ0) is 19.3. The van der Waals surface area contributed by atoms with Crippen molar-refractivity contribution in [2.75, 3.05) is 33.1 Å². The van der Waals surface area contributed by atoms with Gasteiger partial charge in [-0.05, 0) is 43.3 Å². The van der Waals surface area contributed by atoms with Gasteiger partial charge in [-0.25, -0.2) is 4.98 Å². The molecule has 2 rings (SSSR count). The molecule has 0 spiro atoms. The number of nitrogens with one attached hydrogen (secondary N) is 1. The van der Waals surface area contributed by atoms with Crippen LogP contribution in [0.2, 0.25) is 10.0 Å². The maximum Gasteiger partial charge on any atom is 0.239 e. The predicted octanol–water partition coefficient (Wildman–Crippen LogP) is 3.78.